The van der Waals surface area contributed by atoms with Gasteiger partial charge in [0.2, 0.25) is 0 Å². The summed E-state index contributed by atoms with van der Waals surface area (Å²) in [6.07, 6.45) is 0.0000985. The molecule has 0 amide bonds. The molecule has 1 aliphatic heterocycles. The fourth-order valence-corrected chi connectivity index (χ4v) is 2.02. The van der Waals surface area contributed by atoms with Crippen molar-refractivity contribution in [1.82, 2.24) is 5.32 Å². The molecule has 1 aliphatic rings. The van der Waals surface area contributed by atoms with Crippen molar-refractivity contribution in [3.63, 3.8) is 0 Å². The highest BCUT2D eigenvalue weighted by Crippen LogP contribution is 2.23. The van der Waals surface area contributed by atoms with Crippen LogP contribution in [-0.4, -0.2) is 37.3 Å². The molecule has 0 radical (unpaired) electrons. The molecule has 0 aliphatic carbocycles. The highest BCUT2D eigenvalue weighted by atomic mass is 35.5. The molecule has 1 unspecified atom stereocenters. The normalized spacial score (nSPS) is 19.3. The third-order valence-electron chi connectivity index (χ3n) is 2.81. The van der Waals surface area contributed by atoms with Gasteiger partial charge < -0.3 is 14.8 Å². The molecular weight excluding hydrogens is 272 g/mol. The van der Waals surface area contributed by atoms with Crippen LogP contribution in [-0.2, 0) is 16.1 Å². The molecule has 0 bridgehead atoms. The first-order valence-electron chi connectivity index (χ1n) is 5.99. The number of hydrogen-bond acceptors (Lipinski definition) is 5. The van der Waals surface area contributed by atoms with E-state index in [2.05, 4.69) is 5.32 Å². The number of ether oxygens (including phenoxy) is 2. The molecule has 2 rings (SSSR count). The summed E-state index contributed by atoms with van der Waals surface area (Å²) in [7, 11) is 0. The second-order valence-corrected chi connectivity index (χ2v) is 4.68. The summed E-state index contributed by atoms with van der Waals surface area (Å²) >= 11 is 5.74. The molecule has 1 saturated heterocycles. The van der Waals surface area contributed by atoms with Crippen LogP contribution in [0.25, 0.3) is 0 Å². The molecule has 0 saturated carbocycles. The van der Waals surface area contributed by atoms with Gasteiger partial charge in [-0.1, -0.05) is 11.6 Å². The van der Waals surface area contributed by atoms with Crippen molar-refractivity contribution in [2.75, 3.05) is 26.3 Å². The third kappa shape index (κ3) is 4.14. The lowest BCUT2D eigenvalue weighted by atomic mass is 10.2. The van der Waals surface area contributed by atoms with E-state index < -0.39 is 4.92 Å². The molecule has 1 atom stereocenters. The van der Waals surface area contributed by atoms with Crippen LogP contribution in [0.3, 0.4) is 0 Å². The molecule has 1 fully saturated rings. The van der Waals surface area contributed by atoms with Gasteiger partial charge in [-0.2, -0.15) is 0 Å². The first-order chi connectivity index (χ1) is 9.16. The Bertz CT molecular complexity index is 449. The van der Waals surface area contributed by atoms with Crippen LogP contribution in [0, 0.1) is 10.1 Å². The Labute approximate surface area is 115 Å². The number of nitrogens with zero attached hydrogens (tertiary/aromatic N) is 1. The molecular formula is C12H15ClN2O4. The predicted octanol–water partition coefficient (Wildman–Crippen LogP) is 1.75. The van der Waals surface area contributed by atoms with Crippen molar-refractivity contribution in [3.8, 4) is 0 Å². The Hall–Kier alpha value is -1.21. The van der Waals surface area contributed by atoms with Crippen LogP contribution in [0.4, 0.5) is 5.69 Å². The first-order valence-corrected chi connectivity index (χ1v) is 6.37. The summed E-state index contributed by atoms with van der Waals surface area (Å²) in [6, 6.07) is 4.56. The van der Waals surface area contributed by atoms with E-state index in [4.69, 9.17) is 21.1 Å². The zero-order chi connectivity index (χ0) is 13.7. The van der Waals surface area contributed by atoms with Crippen LogP contribution >= 0.6 is 11.6 Å². The summed E-state index contributed by atoms with van der Waals surface area (Å²) in [4.78, 5) is 10.4. The Morgan fingerprint density at radius 2 is 2.42 bits per heavy atom. The number of hydrogen-bond donors (Lipinski definition) is 1. The number of nitrogens with one attached hydrogen (secondary N) is 1. The molecule has 104 valence electrons. The summed E-state index contributed by atoms with van der Waals surface area (Å²) < 4.78 is 10.9. The van der Waals surface area contributed by atoms with Crippen molar-refractivity contribution in [1.29, 1.82) is 0 Å². The minimum absolute atomic E-state index is 0.0000985. The zero-order valence-electron chi connectivity index (χ0n) is 10.3. The van der Waals surface area contributed by atoms with Crippen molar-refractivity contribution in [2.45, 2.75) is 12.7 Å². The number of rotatable bonds is 5. The largest absolute Gasteiger partial charge is 0.374 e. The summed E-state index contributed by atoms with van der Waals surface area (Å²) in [5.41, 5.74) is 0.494. The van der Waals surface area contributed by atoms with Crippen LogP contribution in [0.1, 0.15) is 5.56 Å². The van der Waals surface area contributed by atoms with E-state index in [1.165, 1.54) is 6.07 Å². The standard InChI is InChI=1S/C12H15ClN2O4/c13-10-2-1-9(12(5-10)15(16)17)7-18-8-11-6-14-3-4-19-11/h1-2,5,11,14H,3-4,6-8H2. The minimum atomic E-state index is -0.455. The van der Waals surface area contributed by atoms with E-state index in [0.29, 0.717) is 23.8 Å². The Balaban J connectivity index is 1.89. The molecule has 1 heterocycles. The van der Waals surface area contributed by atoms with E-state index in [9.17, 15) is 10.1 Å². The molecule has 1 aromatic rings. The smallest absolute Gasteiger partial charge is 0.276 e. The van der Waals surface area contributed by atoms with Crippen molar-refractivity contribution >= 4 is 17.3 Å². The molecule has 19 heavy (non-hydrogen) atoms. The number of morpholine rings is 1. The average molecular weight is 287 g/mol. The van der Waals surface area contributed by atoms with Crippen LogP contribution in [0.5, 0.6) is 0 Å². The number of nitro groups is 1. The highest BCUT2D eigenvalue weighted by Gasteiger charge is 2.16. The van der Waals surface area contributed by atoms with E-state index >= 15 is 0 Å². The maximum Gasteiger partial charge on any atom is 0.276 e. The topological polar surface area (TPSA) is 73.6 Å². The van der Waals surface area contributed by atoms with Crippen LogP contribution in [0.2, 0.25) is 5.02 Å². The molecule has 0 aromatic heterocycles. The van der Waals surface area contributed by atoms with Gasteiger partial charge in [-0.15, -0.1) is 0 Å². The monoisotopic (exact) mass is 286 g/mol. The Morgan fingerprint density at radius 1 is 1.58 bits per heavy atom. The maximum atomic E-state index is 10.9. The van der Waals surface area contributed by atoms with Gasteiger partial charge in [-0.05, 0) is 12.1 Å². The van der Waals surface area contributed by atoms with Crippen LogP contribution < -0.4 is 5.32 Å². The zero-order valence-corrected chi connectivity index (χ0v) is 11.1. The molecule has 6 nitrogen and oxygen atoms in total. The van der Waals surface area contributed by atoms with Gasteiger partial charge in [0.25, 0.3) is 5.69 Å². The van der Waals surface area contributed by atoms with Gasteiger partial charge in [0.15, 0.2) is 0 Å². The van der Waals surface area contributed by atoms with Crippen molar-refractivity contribution in [3.05, 3.63) is 38.9 Å². The van der Waals surface area contributed by atoms with E-state index in [1.807, 2.05) is 0 Å². The van der Waals surface area contributed by atoms with E-state index in [0.717, 1.165) is 13.1 Å². The quantitative estimate of drug-likeness (QED) is 0.659. The first kappa shape index (κ1) is 14.2. The van der Waals surface area contributed by atoms with Crippen LogP contribution in [0.15, 0.2) is 18.2 Å². The highest BCUT2D eigenvalue weighted by molar-refractivity contribution is 6.30. The van der Waals surface area contributed by atoms with Gasteiger partial charge in [0, 0.05) is 24.2 Å². The van der Waals surface area contributed by atoms with Crippen molar-refractivity contribution < 1.29 is 14.4 Å². The van der Waals surface area contributed by atoms with Gasteiger partial charge in [-0.25, -0.2) is 0 Å². The second-order valence-electron chi connectivity index (χ2n) is 4.24. The number of nitro benzene ring substituents is 1. The van der Waals surface area contributed by atoms with Crippen molar-refractivity contribution in [2.24, 2.45) is 0 Å². The second kappa shape index (κ2) is 6.81. The third-order valence-corrected chi connectivity index (χ3v) is 3.04. The van der Waals surface area contributed by atoms with E-state index in [1.54, 1.807) is 12.1 Å². The van der Waals surface area contributed by atoms with Gasteiger partial charge in [0.05, 0.1) is 36.4 Å². The summed E-state index contributed by atoms with van der Waals surface area (Å²) in [6.45, 7) is 2.83. The Kier molecular flexibility index (Phi) is 5.09. The molecule has 7 heteroatoms. The van der Waals surface area contributed by atoms with E-state index in [-0.39, 0.29) is 18.4 Å². The fourth-order valence-electron chi connectivity index (χ4n) is 1.86. The minimum Gasteiger partial charge on any atom is -0.374 e. The average Bonchev–Trinajstić information content (AvgIpc) is 2.41. The number of benzene rings is 1. The lowest BCUT2D eigenvalue weighted by Crippen LogP contribution is -2.40. The lowest BCUT2D eigenvalue weighted by molar-refractivity contribution is -0.386. The van der Waals surface area contributed by atoms with Gasteiger partial charge in [-0.3, -0.25) is 10.1 Å². The number of halogens is 1. The Morgan fingerprint density at radius 3 is 3.11 bits per heavy atom. The molecule has 0 spiro atoms. The fraction of sp³-hybridized carbons (Fsp3) is 0.500. The summed E-state index contributed by atoms with van der Waals surface area (Å²) in [5, 5.41) is 14.4. The molecule has 1 N–H and O–H groups in total. The van der Waals surface area contributed by atoms with Gasteiger partial charge >= 0.3 is 0 Å². The summed E-state index contributed by atoms with van der Waals surface area (Å²) in [5.74, 6) is 0. The van der Waals surface area contributed by atoms with Gasteiger partial charge in [0.1, 0.15) is 0 Å². The maximum absolute atomic E-state index is 10.9. The lowest BCUT2D eigenvalue weighted by Gasteiger charge is -2.23. The predicted molar refractivity (Wildman–Crippen MR) is 70.4 cm³/mol. The molecule has 1 aromatic carbocycles. The SMILES string of the molecule is O=[N+]([O-])c1cc(Cl)ccc1COCC1CNCCO1.